The van der Waals surface area contributed by atoms with Gasteiger partial charge in [0.1, 0.15) is 12.1 Å². The van der Waals surface area contributed by atoms with E-state index in [2.05, 4.69) is 37.0 Å². The molecule has 11 heteroatoms. The zero-order valence-electron chi connectivity index (χ0n) is 15.2. The largest absolute Gasteiger partial charge is 0.468 e. The number of hydrogen-bond donors (Lipinski definition) is 6. The quantitative estimate of drug-likeness (QED) is 0.272. The van der Waals surface area contributed by atoms with E-state index in [4.69, 9.17) is 9.47 Å². The fraction of sp³-hybridized carbons (Fsp3) is 0.867. The maximum absolute atomic E-state index is 12.6. The van der Waals surface area contributed by atoms with Gasteiger partial charge in [0, 0.05) is 33.4 Å². The minimum atomic E-state index is -0.671. The summed E-state index contributed by atoms with van der Waals surface area (Å²) in [6.45, 7) is 3.24. The van der Waals surface area contributed by atoms with Crippen molar-refractivity contribution in [1.82, 2.24) is 37.0 Å². The summed E-state index contributed by atoms with van der Waals surface area (Å²) in [4.78, 5) is 27.0. The average Bonchev–Trinajstić information content (AvgIpc) is 3.22. The Hall–Kier alpha value is -1.34. The molecule has 3 fully saturated rings. The van der Waals surface area contributed by atoms with Crippen LogP contribution in [-0.4, -0.2) is 87.9 Å². The first-order valence-corrected chi connectivity index (χ1v) is 8.98. The van der Waals surface area contributed by atoms with Gasteiger partial charge in [-0.15, -0.1) is 0 Å². The molecule has 6 N–H and O–H groups in total. The zero-order valence-corrected chi connectivity index (χ0v) is 15.2. The van der Waals surface area contributed by atoms with Gasteiger partial charge in [0.2, 0.25) is 5.91 Å². The zero-order chi connectivity index (χ0) is 18.5. The maximum atomic E-state index is 12.6. The van der Waals surface area contributed by atoms with E-state index >= 15 is 0 Å². The smallest absolute Gasteiger partial charge is 0.325 e. The van der Waals surface area contributed by atoms with Crippen molar-refractivity contribution in [2.75, 3.05) is 40.5 Å². The van der Waals surface area contributed by atoms with E-state index < -0.39 is 24.4 Å². The van der Waals surface area contributed by atoms with Gasteiger partial charge in [0.15, 0.2) is 6.35 Å². The van der Waals surface area contributed by atoms with Crippen LogP contribution in [-0.2, 0) is 19.1 Å². The van der Waals surface area contributed by atoms with Gasteiger partial charge < -0.3 is 20.1 Å². The van der Waals surface area contributed by atoms with Gasteiger partial charge in [0.05, 0.1) is 19.3 Å². The highest BCUT2D eigenvalue weighted by molar-refractivity contribution is 5.84. The highest BCUT2D eigenvalue weighted by Gasteiger charge is 2.38. The Morgan fingerprint density at radius 3 is 2.65 bits per heavy atom. The Labute approximate surface area is 152 Å². The van der Waals surface area contributed by atoms with Crippen molar-refractivity contribution in [2.24, 2.45) is 0 Å². The van der Waals surface area contributed by atoms with E-state index in [0.29, 0.717) is 6.54 Å². The monoisotopic (exact) mass is 371 g/mol. The van der Waals surface area contributed by atoms with Crippen molar-refractivity contribution < 1.29 is 19.1 Å². The topological polar surface area (TPSA) is 128 Å². The summed E-state index contributed by atoms with van der Waals surface area (Å²) in [5, 5.41) is 12.3. The molecule has 148 valence electrons. The minimum Gasteiger partial charge on any atom is -0.468 e. The molecule has 0 spiro atoms. The first kappa shape index (κ1) is 19.4. The van der Waals surface area contributed by atoms with Crippen molar-refractivity contribution >= 4 is 11.9 Å². The van der Waals surface area contributed by atoms with Crippen molar-refractivity contribution in [3.8, 4) is 0 Å². The van der Waals surface area contributed by atoms with Crippen LogP contribution >= 0.6 is 0 Å². The molecular formula is C15H29N7O4. The molecule has 3 rings (SSSR count). The molecule has 3 heterocycles. The lowest BCUT2D eigenvalue weighted by atomic mass is 10.0. The van der Waals surface area contributed by atoms with E-state index in [1.807, 2.05) is 0 Å². The first-order chi connectivity index (χ1) is 12.6. The van der Waals surface area contributed by atoms with Crippen LogP contribution in [0.15, 0.2) is 0 Å². The van der Waals surface area contributed by atoms with Crippen LogP contribution < -0.4 is 32.1 Å². The number of ether oxygens (including phenoxy) is 2. The summed E-state index contributed by atoms with van der Waals surface area (Å²) in [5.74, 6) is -0.580. The van der Waals surface area contributed by atoms with Crippen molar-refractivity contribution in [3.63, 3.8) is 0 Å². The Balaban J connectivity index is 1.51. The summed E-state index contributed by atoms with van der Waals surface area (Å²) in [6, 6.07) is -1.45. The predicted octanol–water partition coefficient (Wildman–Crippen LogP) is -3.42. The van der Waals surface area contributed by atoms with Gasteiger partial charge in [-0.25, -0.2) is 10.9 Å². The molecule has 0 bridgehead atoms. The number of carbonyl (C=O) groups is 2. The van der Waals surface area contributed by atoms with Gasteiger partial charge in [0.25, 0.3) is 0 Å². The molecule has 11 nitrogen and oxygen atoms in total. The standard InChI is InChI=1S/C15H29N7O4/c1-25-14(24)12-10(7-17-15(19-12)26-2)18-13(23)9-3-4-11(21-20-9)22-6-5-16-8-22/h9-12,15-17,19-21H,3-8H2,1-2H3,(H,18,23). The molecule has 1 amide bonds. The van der Waals surface area contributed by atoms with Crippen LogP contribution in [0.5, 0.6) is 0 Å². The molecule has 0 aromatic heterocycles. The summed E-state index contributed by atoms with van der Waals surface area (Å²) < 4.78 is 10.0. The molecule has 26 heavy (non-hydrogen) atoms. The minimum absolute atomic E-state index is 0.145. The van der Waals surface area contributed by atoms with Gasteiger partial charge in [-0.2, -0.15) is 0 Å². The second-order valence-corrected chi connectivity index (χ2v) is 6.71. The lowest BCUT2D eigenvalue weighted by Gasteiger charge is -2.38. The highest BCUT2D eigenvalue weighted by Crippen LogP contribution is 2.13. The second kappa shape index (κ2) is 9.04. The van der Waals surface area contributed by atoms with Gasteiger partial charge in [-0.1, -0.05) is 0 Å². The molecule has 5 atom stereocenters. The number of methoxy groups -OCH3 is 2. The number of carbonyl (C=O) groups excluding carboxylic acids is 2. The van der Waals surface area contributed by atoms with Crippen LogP contribution in [0.2, 0.25) is 0 Å². The van der Waals surface area contributed by atoms with Gasteiger partial charge in [-0.05, 0) is 12.8 Å². The fourth-order valence-electron chi connectivity index (χ4n) is 3.54. The summed E-state index contributed by atoms with van der Waals surface area (Å²) in [7, 11) is 2.86. The first-order valence-electron chi connectivity index (χ1n) is 8.98. The molecule has 3 aliphatic rings. The molecule has 0 aromatic carbocycles. The van der Waals surface area contributed by atoms with E-state index in [-0.39, 0.29) is 18.1 Å². The SMILES string of the molecule is COC(=O)C1NC(OC)NCC1NC(=O)C1CCC(N2CCNC2)NN1. The van der Waals surface area contributed by atoms with Crippen LogP contribution in [0.1, 0.15) is 12.8 Å². The van der Waals surface area contributed by atoms with E-state index in [0.717, 1.165) is 32.6 Å². The Kier molecular flexibility index (Phi) is 6.75. The average molecular weight is 371 g/mol. The van der Waals surface area contributed by atoms with Gasteiger partial charge in [-0.3, -0.25) is 25.1 Å². The van der Waals surface area contributed by atoms with Crippen molar-refractivity contribution in [2.45, 2.75) is 43.5 Å². The number of hydrogen-bond acceptors (Lipinski definition) is 10. The molecule has 0 aromatic rings. The second-order valence-electron chi connectivity index (χ2n) is 6.71. The Bertz CT molecular complexity index is 494. The van der Waals surface area contributed by atoms with Crippen molar-refractivity contribution in [3.05, 3.63) is 0 Å². The maximum Gasteiger partial charge on any atom is 0.325 e. The molecule has 0 aliphatic carbocycles. The third-order valence-electron chi connectivity index (χ3n) is 5.08. The summed E-state index contributed by atoms with van der Waals surface area (Å²) >= 11 is 0. The van der Waals surface area contributed by atoms with E-state index in [9.17, 15) is 9.59 Å². The molecule has 3 aliphatic heterocycles. The van der Waals surface area contributed by atoms with Crippen molar-refractivity contribution in [1.29, 1.82) is 0 Å². The number of rotatable bonds is 5. The summed E-state index contributed by atoms with van der Waals surface area (Å²) in [6.07, 6.45) is 1.35. The lowest BCUT2D eigenvalue weighted by molar-refractivity contribution is -0.147. The van der Waals surface area contributed by atoms with Gasteiger partial charge >= 0.3 is 5.97 Å². The molecule has 0 saturated carbocycles. The molecule has 0 radical (unpaired) electrons. The molecule has 3 saturated heterocycles. The Morgan fingerprint density at radius 1 is 1.19 bits per heavy atom. The number of esters is 1. The van der Waals surface area contributed by atoms with Crippen LogP contribution in [0.25, 0.3) is 0 Å². The van der Waals surface area contributed by atoms with Crippen LogP contribution in [0, 0.1) is 0 Å². The van der Waals surface area contributed by atoms with E-state index in [1.54, 1.807) is 0 Å². The highest BCUT2D eigenvalue weighted by atomic mass is 16.5. The Morgan fingerprint density at radius 2 is 2.04 bits per heavy atom. The molecule has 5 unspecified atom stereocenters. The normalized spacial score (nSPS) is 35.8. The number of nitrogens with one attached hydrogen (secondary N) is 6. The van der Waals surface area contributed by atoms with Crippen LogP contribution in [0.4, 0.5) is 0 Å². The number of amides is 1. The third kappa shape index (κ3) is 4.49. The molecular weight excluding hydrogens is 342 g/mol. The summed E-state index contributed by atoms with van der Waals surface area (Å²) in [5.41, 5.74) is 6.32. The third-order valence-corrected chi connectivity index (χ3v) is 5.08. The lowest BCUT2D eigenvalue weighted by Crippen LogP contribution is -2.70. The van der Waals surface area contributed by atoms with E-state index in [1.165, 1.54) is 14.2 Å². The number of nitrogens with zero attached hydrogens (tertiary/aromatic N) is 1. The number of hydrazine groups is 1. The predicted molar refractivity (Wildman–Crippen MR) is 92.3 cm³/mol. The fourth-order valence-corrected chi connectivity index (χ4v) is 3.54. The van der Waals surface area contributed by atoms with Crippen LogP contribution in [0.3, 0.4) is 0 Å².